The Hall–Kier alpha value is -0.830. The van der Waals surface area contributed by atoms with E-state index < -0.39 is 5.97 Å². The van der Waals surface area contributed by atoms with Crippen molar-refractivity contribution in [2.75, 3.05) is 0 Å². The van der Waals surface area contributed by atoms with Gasteiger partial charge in [0.1, 0.15) is 0 Å². The van der Waals surface area contributed by atoms with Gasteiger partial charge in [0.05, 0.1) is 0 Å². The second-order valence-electron chi connectivity index (χ2n) is 5.77. The Labute approximate surface area is 110 Å². The van der Waals surface area contributed by atoms with Crippen LogP contribution in [0.3, 0.4) is 0 Å². The second-order valence-corrected chi connectivity index (χ2v) is 5.77. The van der Waals surface area contributed by atoms with E-state index in [1.165, 1.54) is 44.6 Å². The highest BCUT2D eigenvalue weighted by Gasteiger charge is 2.20. The van der Waals surface area contributed by atoms with E-state index in [9.17, 15) is 4.79 Å². The lowest BCUT2D eigenvalue weighted by Gasteiger charge is -2.29. The number of hydrogen-bond acceptors (Lipinski definition) is 2. The highest BCUT2D eigenvalue weighted by Crippen LogP contribution is 2.25. The van der Waals surface area contributed by atoms with E-state index >= 15 is 0 Å². The smallest absolute Gasteiger partial charge is 0.328 e. The van der Waals surface area contributed by atoms with Crippen molar-refractivity contribution in [3.05, 3.63) is 11.6 Å². The maximum Gasteiger partial charge on any atom is 0.328 e. The molecule has 0 radical (unpaired) electrons. The van der Waals surface area contributed by atoms with Gasteiger partial charge in [0.15, 0.2) is 0 Å². The Morgan fingerprint density at radius 2 is 1.56 bits per heavy atom. The molecule has 0 aromatic rings. The molecule has 0 aromatic heterocycles. The maximum absolute atomic E-state index is 10.6. The van der Waals surface area contributed by atoms with Crippen LogP contribution in [0, 0.1) is 0 Å². The normalized spacial score (nSPS) is 26.7. The van der Waals surface area contributed by atoms with Gasteiger partial charge in [-0.3, -0.25) is 0 Å². The average molecular weight is 251 g/mol. The van der Waals surface area contributed by atoms with Crippen LogP contribution in [0.2, 0.25) is 0 Å². The summed E-state index contributed by atoms with van der Waals surface area (Å²) in [6.07, 6.45) is 13.7. The van der Waals surface area contributed by atoms with Crippen LogP contribution in [0.4, 0.5) is 0 Å². The molecule has 0 unspecified atom stereocenters. The third kappa shape index (κ3) is 4.45. The van der Waals surface area contributed by atoms with Gasteiger partial charge >= 0.3 is 5.97 Å². The molecule has 0 heterocycles. The minimum absolute atomic E-state index is 0.610. The number of allylic oxidation sites excluding steroid dienone is 1. The lowest BCUT2D eigenvalue weighted by Crippen LogP contribution is -2.39. The van der Waals surface area contributed by atoms with Gasteiger partial charge in [0.25, 0.3) is 0 Å². The molecular formula is C15H25NO2. The molecule has 0 spiro atoms. The topological polar surface area (TPSA) is 49.3 Å². The minimum Gasteiger partial charge on any atom is -0.478 e. The van der Waals surface area contributed by atoms with Crippen molar-refractivity contribution >= 4 is 5.97 Å². The fourth-order valence-electron chi connectivity index (χ4n) is 3.25. The number of carboxylic acids is 1. The molecule has 3 heteroatoms. The van der Waals surface area contributed by atoms with Crippen molar-refractivity contribution in [2.24, 2.45) is 0 Å². The van der Waals surface area contributed by atoms with Crippen molar-refractivity contribution in [1.29, 1.82) is 0 Å². The molecule has 0 amide bonds. The van der Waals surface area contributed by atoms with Gasteiger partial charge in [-0.15, -0.1) is 0 Å². The summed E-state index contributed by atoms with van der Waals surface area (Å²) in [5.41, 5.74) is 1.11. The summed E-state index contributed by atoms with van der Waals surface area (Å²) >= 11 is 0. The van der Waals surface area contributed by atoms with Crippen molar-refractivity contribution in [3.8, 4) is 0 Å². The molecule has 0 saturated heterocycles. The van der Waals surface area contributed by atoms with E-state index in [1.54, 1.807) is 0 Å². The fourth-order valence-corrected chi connectivity index (χ4v) is 3.25. The van der Waals surface area contributed by atoms with Crippen LogP contribution in [0.1, 0.15) is 64.2 Å². The van der Waals surface area contributed by atoms with Crippen LogP contribution in [0.5, 0.6) is 0 Å². The first-order valence-corrected chi connectivity index (χ1v) is 7.42. The lowest BCUT2D eigenvalue weighted by atomic mass is 9.89. The van der Waals surface area contributed by atoms with Crippen LogP contribution in [0.25, 0.3) is 0 Å². The van der Waals surface area contributed by atoms with Gasteiger partial charge in [-0.25, -0.2) is 4.79 Å². The molecule has 0 aromatic carbocycles. The standard InChI is InChI=1S/C15H25NO2/c17-15(18)11-12-7-9-14(10-8-12)16-13-5-3-1-2-4-6-13/h11,13-14,16H,1-10H2,(H,17,18). The molecule has 2 N–H and O–H groups in total. The first kappa shape index (κ1) is 13.6. The number of nitrogens with one attached hydrogen (secondary N) is 1. The molecule has 0 atom stereocenters. The molecule has 102 valence electrons. The molecule has 0 bridgehead atoms. The summed E-state index contributed by atoms with van der Waals surface area (Å²) in [5.74, 6) is -0.792. The van der Waals surface area contributed by atoms with E-state index in [4.69, 9.17) is 5.11 Å². The summed E-state index contributed by atoms with van der Waals surface area (Å²) in [6, 6.07) is 1.32. The first-order valence-electron chi connectivity index (χ1n) is 7.42. The molecule has 2 saturated carbocycles. The van der Waals surface area contributed by atoms with Gasteiger partial charge < -0.3 is 10.4 Å². The molecular weight excluding hydrogens is 226 g/mol. The first-order chi connectivity index (χ1) is 8.74. The van der Waals surface area contributed by atoms with E-state index in [2.05, 4.69) is 5.32 Å². The van der Waals surface area contributed by atoms with Gasteiger partial charge in [-0.2, -0.15) is 0 Å². The van der Waals surface area contributed by atoms with E-state index in [-0.39, 0.29) is 0 Å². The molecule has 18 heavy (non-hydrogen) atoms. The highest BCUT2D eigenvalue weighted by molar-refractivity contribution is 5.80. The van der Waals surface area contributed by atoms with Crippen molar-refractivity contribution in [3.63, 3.8) is 0 Å². The predicted molar refractivity (Wildman–Crippen MR) is 72.6 cm³/mol. The molecule has 2 fully saturated rings. The van der Waals surface area contributed by atoms with Gasteiger partial charge in [0.2, 0.25) is 0 Å². The maximum atomic E-state index is 10.6. The number of hydrogen-bond donors (Lipinski definition) is 2. The summed E-state index contributed by atoms with van der Waals surface area (Å²) in [5, 5.41) is 12.5. The number of rotatable bonds is 3. The zero-order valence-corrected chi connectivity index (χ0v) is 11.2. The fraction of sp³-hybridized carbons (Fsp3) is 0.800. The van der Waals surface area contributed by atoms with Crippen LogP contribution < -0.4 is 5.32 Å². The average Bonchev–Trinajstić information content (AvgIpc) is 2.60. The van der Waals surface area contributed by atoms with Gasteiger partial charge in [0, 0.05) is 18.2 Å². The molecule has 3 nitrogen and oxygen atoms in total. The molecule has 2 aliphatic carbocycles. The number of aliphatic carboxylic acids is 1. The van der Waals surface area contributed by atoms with Crippen molar-refractivity contribution in [1.82, 2.24) is 5.32 Å². The van der Waals surface area contributed by atoms with Crippen LogP contribution in [-0.4, -0.2) is 23.2 Å². The van der Waals surface area contributed by atoms with E-state index in [0.717, 1.165) is 31.3 Å². The predicted octanol–water partition coefficient (Wildman–Crippen LogP) is 3.25. The summed E-state index contributed by atoms with van der Waals surface area (Å²) in [7, 11) is 0. The third-order valence-electron chi connectivity index (χ3n) is 4.28. The Bertz CT molecular complexity index is 294. The number of carbonyl (C=O) groups is 1. The summed E-state index contributed by atoms with van der Waals surface area (Å²) in [4.78, 5) is 10.6. The van der Waals surface area contributed by atoms with Crippen molar-refractivity contribution < 1.29 is 9.90 Å². The Morgan fingerprint density at radius 3 is 2.11 bits per heavy atom. The Kier molecular flexibility index (Phi) is 5.24. The van der Waals surface area contributed by atoms with Crippen LogP contribution in [0.15, 0.2) is 11.6 Å². The second kappa shape index (κ2) is 6.93. The number of carboxylic acid groups (broad SMARTS) is 1. The SMILES string of the molecule is O=C(O)C=C1CCC(NC2CCCCCC2)CC1. The summed E-state index contributed by atoms with van der Waals surface area (Å²) < 4.78 is 0. The zero-order chi connectivity index (χ0) is 12.8. The quantitative estimate of drug-likeness (QED) is 0.598. The molecule has 0 aliphatic heterocycles. The van der Waals surface area contributed by atoms with Crippen molar-refractivity contribution in [2.45, 2.75) is 76.3 Å². The Morgan fingerprint density at radius 1 is 1.00 bits per heavy atom. The zero-order valence-electron chi connectivity index (χ0n) is 11.2. The van der Waals surface area contributed by atoms with E-state index in [0.29, 0.717) is 12.1 Å². The minimum atomic E-state index is -0.792. The largest absolute Gasteiger partial charge is 0.478 e. The lowest BCUT2D eigenvalue weighted by molar-refractivity contribution is -0.131. The Balaban J connectivity index is 1.74. The van der Waals surface area contributed by atoms with Gasteiger partial charge in [-0.1, -0.05) is 31.3 Å². The summed E-state index contributed by atoms with van der Waals surface area (Å²) in [6.45, 7) is 0. The van der Waals surface area contributed by atoms with Crippen LogP contribution in [-0.2, 0) is 4.79 Å². The third-order valence-corrected chi connectivity index (χ3v) is 4.28. The monoisotopic (exact) mass is 251 g/mol. The highest BCUT2D eigenvalue weighted by atomic mass is 16.4. The van der Waals surface area contributed by atoms with Crippen LogP contribution >= 0.6 is 0 Å². The van der Waals surface area contributed by atoms with E-state index in [1.807, 2.05) is 0 Å². The molecule has 2 rings (SSSR count). The molecule has 2 aliphatic rings. The van der Waals surface area contributed by atoms with Gasteiger partial charge in [-0.05, 0) is 38.5 Å².